The number of pyridine rings is 2. The average molecular weight is 540 g/mol. The molecule has 0 aliphatic carbocycles. The molecule has 37 heavy (non-hydrogen) atoms. The Balaban J connectivity index is 1.57. The molecule has 1 aliphatic rings. The first kappa shape index (κ1) is 25.0. The number of carbonyl (C=O) groups excluding carboxylic acids is 1. The van der Waals surface area contributed by atoms with E-state index in [0.717, 1.165) is 23.2 Å². The highest BCUT2D eigenvalue weighted by Crippen LogP contribution is 2.31. The summed E-state index contributed by atoms with van der Waals surface area (Å²) >= 11 is 7.16. The fraction of sp³-hybridized carbons (Fsp3) is 0.240. The molecule has 1 unspecified atom stereocenters. The normalized spacial score (nSPS) is 13.5. The smallest absolute Gasteiger partial charge is 0.281 e. The molecule has 0 fully saturated rings. The van der Waals surface area contributed by atoms with Crippen molar-refractivity contribution in [3.8, 4) is 0 Å². The molecular weight excluding hydrogens is 517 g/mol. The maximum Gasteiger partial charge on any atom is 0.281 e. The SMILES string of the molecule is CSNC(=O)c1nc(Cl)ccc1NC(C)c1cc(F)cc2c(=O)n(C)c(N3Cc4cccnc4C3)nc12. The van der Waals surface area contributed by atoms with Crippen molar-refractivity contribution in [2.75, 3.05) is 16.5 Å². The minimum absolute atomic E-state index is 0.0984. The number of aromatic nitrogens is 4. The third-order valence-electron chi connectivity index (χ3n) is 6.23. The highest BCUT2D eigenvalue weighted by Gasteiger charge is 2.26. The van der Waals surface area contributed by atoms with E-state index in [1.807, 2.05) is 17.0 Å². The van der Waals surface area contributed by atoms with Crippen molar-refractivity contribution in [3.63, 3.8) is 0 Å². The van der Waals surface area contributed by atoms with Gasteiger partial charge in [-0.05, 0) is 42.8 Å². The van der Waals surface area contributed by atoms with Crippen LogP contribution in [0.5, 0.6) is 0 Å². The molecule has 0 radical (unpaired) electrons. The van der Waals surface area contributed by atoms with Gasteiger partial charge in [-0.2, -0.15) is 0 Å². The standard InChI is InChI=1S/C25H23ClFN7O2S/c1-13(29-18-6-7-20(26)30-22(18)23(35)32-37-3)16-9-15(27)10-17-21(16)31-25(33(2)24(17)36)34-11-14-5-4-8-28-19(14)12-34/h4-10,13,29H,11-12H2,1-3H3,(H,32,35). The molecule has 0 saturated heterocycles. The van der Waals surface area contributed by atoms with Crippen LogP contribution in [0.1, 0.15) is 40.3 Å². The van der Waals surface area contributed by atoms with Crippen LogP contribution in [-0.4, -0.2) is 31.7 Å². The van der Waals surface area contributed by atoms with Crippen LogP contribution in [0, 0.1) is 5.82 Å². The molecule has 9 nitrogen and oxygen atoms in total. The molecule has 1 amide bonds. The van der Waals surface area contributed by atoms with Crippen molar-refractivity contribution in [2.45, 2.75) is 26.1 Å². The molecule has 5 rings (SSSR count). The Morgan fingerprint density at radius 1 is 1.22 bits per heavy atom. The lowest BCUT2D eigenvalue weighted by atomic mass is 10.0. The summed E-state index contributed by atoms with van der Waals surface area (Å²) in [7, 11) is 1.63. The summed E-state index contributed by atoms with van der Waals surface area (Å²) in [4.78, 5) is 41.3. The second-order valence-corrected chi connectivity index (χ2v) is 9.66. The van der Waals surface area contributed by atoms with E-state index in [4.69, 9.17) is 16.6 Å². The number of hydrogen-bond donors (Lipinski definition) is 2. The highest BCUT2D eigenvalue weighted by atomic mass is 35.5. The van der Waals surface area contributed by atoms with Gasteiger partial charge in [0.1, 0.15) is 11.0 Å². The van der Waals surface area contributed by atoms with E-state index in [-0.39, 0.29) is 21.8 Å². The Kier molecular flexibility index (Phi) is 6.74. The Labute approximate surface area is 221 Å². The third kappa shape index (κ3) is 4.72. The molecule has 4 heterocycles. The molecule has 1 aliphatic heterocycles. The largest absolute Gasteiger partial charge is 0.377 e. The van der Waals surface area contributed by atoms with E-state index < -0.39 is 17.8 Å². The lowest BCUT2D eigenvalue weighted by Gasteiger charge is -2.22. The second-order valence-electron chi connectivity index (χ2n) is 8.66. The summed E-state index contributed by atoms with van der Waals surface area (Å²) in [5.74, 6) is -0.524. The molecule has 0 bridgehead atoms. The molecule has 190 valence electrons. The predicted octanol–water partition coefficient (Wildman–Crippen LogP) is 4.22. The maximum atomic E-state index is 14.7. The van der Waals surface area contributed by atoms with Crippen molar-refractivity contribution in [3.05, 3.63) is 86.4 Å². The molecule has 0 saturated carbocycles. The van der Waals surface area contributed by atoms with Gasteiger partial charge in [-0.1, -0.05) is 29.6 Å². The van der Waals surface area contributed by atoms with Gasteiger partial charge in [-0.25, -0.2) is 14.4 Å². The van der Waals surface area contributed by atoms with Gasteiger partial charge in [0.05, 0.1) is 34.9 Å². The van der Waals surface area contributed by atoms with Crippen LogP contribution < -0.4 is 20.5 Å². The minimum atomic E-state index is -0.560. The van der Waals surface area contributed by atoms with Gasteiger partial charge >= 0.3 is 0 Å². The maximum absolute atomic E-state index is 14.7. The zero-order chi connectivity index (χ0) is 26.3. The molecule has 3 aromatic heterocycles. The summed E-state index contributed by atoms with van der Waals surface area (Å²) in [6.45, 7) is 2.87. The molecule has 1 aromatic carbocycles. The van der Waals surface area contributed by atoms with Crippen LogP contribution in [0.4, 0.5) is 16.0 Å². The first-order valence-electron chi connectivity index (χ1n) is 11.4. The zero-order valence-corrected chi connectivity index (χ0v) is 21.8. The van der Waals surface area contributed by atoms with Crippen molar-refractivity contribution in [1.82, 2.24) is 24.2 Å². The van der Waals surface area contributed by atoms with Crippen LogP contribution in [0.15, 0.2) is 47.4 Å². The van der Waals surface area contributed by atoms with Crippen molar-refractivity contribution >= 4 is 52.0 Å². The molecule has 0 spiro atoms. The number of halogens is 2. The monoisotopic (exact) mass is 539 g/mol. The number of fused-ring (bicyclic) bond motifs is 2. The van der Waals surface area contributed by atoms with Gasteiger partial charge in [0.15, 0.2) is 5.69 Å². The molecule has 1 atom stereocenters. The van der Waals surface area contributed by atoms with E-state index in [1.54, 1.807) is 38.6 Å². The fourth-order valence-corrected chi connectivity index (χ4v) is 4.92. The zero-order valence-electron chi connectivity index (χ0n) is 20.2. The molecule has 2 N–H and O–H groups in total. The highest BCUT2D eigenvalue weighted by molar-refractivity contribution is 7.97. The number of carbonyl (C=O) groups is 1. The summed E-state index contributed by atoms with van der Waals surface area (Å²) in [6.07, 6.45) is 3.46. The van der Waals surface area contributed by atoms with Gasteiger partial charge in [-0.15, -0.1) is 0 Å². The number of anilines is 2. The first-order chi connectivity index (χ1) is 17.8. The van der Waals surface area contributed by atoms with Crippen molar-refractivity contribution in [2.24, 2.45) is 7.05 Å². The van der Waals surface area contributed by atoms with E-state index in [9.17, 15) is 14.0 Å². The second kappa shape index (κ2) is 9.98. The number of rotatable bonds is 6. The summed E-state index contributed by atoms with van der Waals surface area (Å²) in [5.41, 5.74) is 2.99. The summed E-state index contributed by atoms with van der Waals surface area (Å²) in [6, 6.07) is 9.08. The van der Waals surface area contributed by atoms with Crippen molar-refractivity contribution < 1.29 is 9.18 Å². The number of nitrogens with one attached hydrogen (secondary N) is 2. The van der Waals surface area contributed by atoms with Gasteiger partial charge in [0, 0.05) is 31.6 Å². The molecule has 4 aromatic rings. The number of amides is 1. The van der Waals surface area contributed by atoms with Gasteiger partial charge in [0.2, 0.25) is 5.95 Å². The Bertz CT molecular complexity index is 1570. The van der Waals surface area contributed by atoms with Gasteiger partial charge < -0.3 is 10.2 Å². The summed E-state index contributed by atoms with van der Waals surface area (Å²) < 4.78 is 18.8. The minimum Gasteiger partial charge on any atom is -0.377 e. The predicted molar refractivity (Wildman–Crippen MR) is 143 cm³/mol. The van der Waals surface area contributed by atoms with Crippen LogP contribution in [0.25, 0.3) is 10.9 Å². The quantitative estimate of drug-likeness (QED) is 0.277. The van der Waals surface area contributed by atoms with E-state index >= 15 is 0 Å². The Morgan fingerprint density at radius 3 is 2.78 bits per heavy atom. The van der Waals surface area contributed by atoms with E-state index in [2.05, 4.69) is 20.0 Å². The third-order valence-corrected chi connectivity index (χ3v) is 6.83. The van der Waals surface area contributed by atoms with Gasteiger partial charge in [0.25, 0.3) is 11.5 Å². The van der Waals surface area contributed by atoms with E-state index in [1.165, 1.54) is 16.7 Å². The van der Waals surface area contributed by atoms with Crippen LogP contribution in [-0.2, 0) is 20.1 Å². The molecular formula is C25H23ClFN7O2S. The van der Waals surface area contributed by atoms with Crippen LogP contribution in [0.3, 0.4) is 0 Å². The number of hydrogen-bond acceptors (Lipinski definition) is 8. The topological polar surface area (TPSA) is 105 Å². The van der Waals surface area contributed by atoms with Crippen molar-refractivity contribution in [1.29, 1.82) is 0 Å². The fourth-order valence-electron chi connectivity index (χ4n) is 4.49. The first-order valence-corrected chi connectivity index (χ1v) is 13.0. The number of nitrogens with zero attached hydrogens (tertiary/aromatic N) is 5. The lowest BCUT2D eigenvalue weighted by molar-refractivity contribution is 0.0980. The van der Waals surface area contributed by atoms with E-state index in [0.29, 0.717) is 35.8 Å². The summed E-state index contributed by atoms with van der Waals surface area (Å²) in [5, 5.41) is 3.55. The Hall–Kier alpha value is -3.70. The average Bonchev–Trinajstić information content (AvgIpc) is 3.31. The molecule has 12 heteroatoms. The Morgan fingerprint density at radius 2 is 2.03 bits per heavy atom. The number of benzene rings is 1. The van der Waals surface area contributed by atoms with Crippen LogP contribution >= 0.6 is 23.5 Å². The van der Waals surface area contributed by atoms with Gasteiger partial charge in [-0.3, -0.25) is 23.9 Å². The lowest BCUT2D eigenvalue weighted by Crippen LogP contribution is -2.29. The van der Waals surface area contributed by atoms with Crippen LogP contribution in [0.2, 0.25) is 5.15 Å².